The number of rotatable bonds is 2. The molecule has 2 aromatic carbocycles. The van der Waals surface area contributed by atoms with Gasteiger partial charge in [0.25, 0.3) is 0 Å². The van der Waals surface area contributed by atoms with Gasteiger partial charge in [-0.25, -0.2) is 0 Å². The van der Waals surface area contributed by atoms with Crippen molar-refractivity contribution >= 4 is 0 Å². The van der Waals surface area contributed by atoms with Crippen LogP contribution in [0.2, 0.25) is 0 Å². The summed E-state index contributed by atoms with van der Waals surface area (Å²) in [6.45, 7) is 0. The molecule has 0 aliphatic heterocycles. The number of hydrogen-bond acceptors (Lipinski definition) is 1. The van der Waals surface area contributed by atoms with Crippen molar-refractivity contribution in [3.8, 4) is 22.3 Å². The molecule has 1 heterocycles. The van der Waals surface area contributed by atoms with E-state index in [4.69, 9.17) is 0 Å². The third kappa shape index (κ3) is 2.16. The first-order chi connectivity index (χ1) is 8.93. The van der Waals surface area contributed by atoms with Crippen molar-refractivity contribution in [3.05, 3.63) is 79.1 Å². The zero-order valence-corrected chi connectivity index (χ0v) is 9.88. The van der Waals surface area contributed by atoms with Gasteiger partial charge in [-0.3, -0.25) is 4.98 Å². The Balaban J connectivity index is 1.95. The van der Waals surface area contributed by atoms with Crippen molar-refractivity contribution in [1.29, 1.82) is 0 Å². The standard InChI is InChI=1S/C17H12N/c1-2-5-14(6-3-1)15-8-10-16(11-9-15)17-7-4-12-18-13-17/h2-13H. The number of aromatic nitrogens is 1. The van der Waals surface area contributed by atoms with Crippen molar-refractivity contribution in [3.63, 3.8) is 0 Å². The maximum Gasteiger partial charge on any atom is 0.0346 e. The van der Waals surface area contributed by atoms with Crippen LogP contribution in [0.15, 0.2) is 73.1 Å². The zero-order valence-electron chi connectivity index (χ0n) is 9.88. The third-order valence-electron chi connectivity index (χ3n) is 2.93. The summed E-state index contributed by atoms with van der Waals surface area (Å²) >= 11 is 0. The average molecular weight is 230 g/mol. The number of benzene rings is 2. The van der Waals surface area contributed by atoms with E-state index in [2.05, 4.69) is 53.5 Å². The Morgan fingerprint density at radius 1 is 0.667 bits per heavy atom. The number of hydrogen-bond donors (Lipinski definition) is 0. The smallest absolute Gasteiger partial charge is 0.0346 e. The SMILES string of the molecule is [c]1ccc(-c2ccc(-c3cccnc3)cc2)cc1. The molecule has 0 bridgehead atoms. The average Bonchev–Trinajstić information content (AvgIpc) is 2.49. The predicted octanol–water partition coefficient (Wildman–Crippen LogP) is 4.22. The second kappa shape index (κ2) is 4.84. The highest BCUT2D eigenvalue weighted by molar-refractivity contribution is 5.69. The highest BCUT2D eigenvalue weighted by Gasteiger charge is 1.99. The Morgan fingerprint density at radius 3 is 1.89 bits per heavy atom. The molecule has 1 aromatic heterocycles. The van der Waals surface area contributed by atoms with E-state index in [0.29, 0.717) is 0 Å². The first kappa shape index (κ1) is 10.7. The largest absolute Gasteiger partial charge is 0.264 e. The summed E-state index contributed by atoms with van der Waals surface area (Å²) in [4.78, 5) is 4.14. The Bertz CT molecular complexity index is 554. The van der Waals surface area contributed by atoms with Gasteiger partial charge in [-0.1, -0.05) is 54.6 Å². The molecular weight excluding hydrogens is 218 g/mol. The minimum absolute atomic E-state index is 1.14. The summed E-state index contributed by atoms with van der Waals surface area (Å²) in [6, 6.07) is 23.6. The molecule has 0 N–H and O–H groups in total. The van der Waals surface area contributed by atoms with Crippen molar-refractivity contribution in [1.82, 2.24) is 4.98 Å². The Kier molecular flexibility index (Phi) is 2.89. The van der Waals surface area contributed by atoms with E-state index in [9.17, 15) is 0 Å². The van der Waals surface area contributed by atoms with Crippen LogP contribution in [0.25, 0.3) is 22.3 Å². The lowest BCUT2D eigenvalue weighted by Crippen LogP contribution is -1.80. The summed E-state index contributed by atoms with van der Waals surface area (Å²) in [5, 5.41) is 0. The Hall–Kier alpha value is -2.41. The van der Waals surface area contributed by atoms with Crippen LogP contribution in [0, 0.1) is 6.07 Å². The second-order valence-corrected chi connectivity index (χ2v) is 4.11. The molecule has 18 heavy (non-hydrogen) atoms. The first-order valence-electron chi connectivity index (χ1n) is 5.90. The molecule has 0 aliphatic rings. The lowest BCUT2D eigenvalue weighted by Gasteiger charge is -2.04. The minimum Gasteiger partial charge on any atom is -0.264 e. The molecular formula is C17H12N. The second-order valence-electron chi connectivity index (χ2n) is 4.11. The third-order valence-corrected chi connectivity index (χ3v) is 2.93. The molecule has 0 saturated heterocycles. The molecule has 3 rings (SSSR count). The minimum atomic E-state index is 1.14. The molecule has 1 nitrogen and oxygen atoms in total. The van der Waals surface area contributed by atoms with Crippen LogP contribution in [-0.4, -0.2) is 4.98 Å². The fourth-order valence-corrected chi connectivity index (χ4v) is 1.97. The van der Waals surface area contributed by atoms with Crippen LogP contribution < -0.4 is 0 Å². The van der Waals surface area contributed by atoms with Gasteiger partial charge in [-0.05, 0) is 34.4 Å². The Labute approximate surface area is 107 Å². The molecule has 3 aromatic rings. The monoisotopic (exact) mass is 230 g/mol. The topological polar surface area (TPSA) is 12.9 Å². The van der Waals surface area contributed by atoms with Crippen LogP contribution in [-0.2, 0) is 0 Å². The molecule has 0 aliphatic carbocycles. The quantitative estimate of drug-likeness (QED) is 0.642. The maximum atomic E-state index is 4.14. The molecule has 0 unspecified atom stereocenters. The van der Waals surface area contributed by atoms with E-state index in [-0.39, 0.29) is 0 Å². The molecule has 0 fully saturated rings. The van der Waals surface area contributed by atoms with E-state index >= 15 is 0 Å². The van der Waals surface area contributed by atoms with Crippen molar-refractivity contribution in [2.24, 2.45) is 0 Å². The molecule has 0 atom stereocenters. The maximum absolute atomic E-state index is 4.14. The molecule has 0 saturated carbocycles. The van der Waals surface area contributed by atoms with Crippen molar-refractivity contribution in [2.75, 3.05) is 0 Å². The molecule has 1 radical (unpaired) electrons. The normalized spacial score (nSPS) is 10.2. The fourth-order valence-electron chi connectivity index (χ4n) is 1.97. The summed E-state index contributed by atoms with van der Waals surface area (Å²) in [5.41, 5.74) is 4.77. The fraction of sp³-hybridized carbons (Fsp3) is 0. The highest BCUT2D eigenvalue weighted by atomic mass is 14.6. The van der Waals surface area contributed by atoms with Gasteiger partial charge in [0.15, 0.2) is 0 Å². The van der Waals surface area contributed by atoms with Gasteiger partial charge in [0.2, 0.25) is 0 Å². The predicted molar refractivity (Wildman–Crippen MR) is 73.9 cm³/mol. The van der Waals surface area contributed by atoms with Gasteiger partial charge in [-0.15, -0.1) is 0 Å². The molecule has 0 amide bonds. The summed E-state index contributed by atoms with van der Waals surface area (Å²) in [5.74, 6) is 0. The molecule has 1 heteroatoms. The Morgan fingerprint density at radius 2 is 1.28 bits per heavy atom. The van der Waals surface area contributed by atoms with Gasteiger partial charge in [0.1, 0.15) is 0 Å². The van der Waals surface area contributed by atoms with Crippen LogP contribution in [0.4, 0.5) is 0 Å². The van der Waals surface area contributed by atoms with Crippen LogP contribution in [0.1, 0.15) is 0 Å². The number of pyridine rings is 1. The molecule has 85 valence electrons. The zero-order chi connectivity index (χ0) is 12.2. The van der Waals surface area contributed by atoms with Gasteiger partial charge >= 0.3 is 0 Å². The van der Waals surface area contributed by atoms with E-state index in [1.807, 2.05) is 24.4 Å². The summed E-state index contributed by atoms with van der Waals surface area (Å²) < 4.78 is 0. The van der Waals surface area contributed by atoms with E-state index in [0.717, 1.165) is 5.56 Å². The van der Waals surface area contributed by atoms with E-state index in [1.54, 1.807) is 6.20 Å². The van der Waals surface area contributed by atoms with E-state index < -0.39 is 0 Å². The molecule has 0 spiro atoms. The van der Waals surface area contributed by atoms with Gasteiger partial charge < -0.3 is 0 Å². The van der Waals surface area contributed by atoms with Crippen molar-refractivity contribution in [2.45, 2.75) is 0 Å². The van der Waals surface area contributed by atoms with Gasteiger partial charge in [0.05, 0.1) is 0 Å². The van der Waals surface area contributed by atoms with Crippen molar-refractivity contribution < 1.29 is 0 Å². The van der Waals surface area contributed by atoms with Crippen LogP contribution >= 0.6 is 0 Å². The summed E-state index contributed by atoms with van der Waals surface area (Å²) in [6.07, 6.45) is 3.67. The van der Waals surface area contributed by atoms with Gasteiger partial charge in [0, 0.05) is 12.4 Å². The van der Waals surface area contributed by atoms with E-state index in [1.165, 1.54) is 16.7 Å². The number of nitrogens with zero attached hydrogens (tertiary/aromatic N) is 1. The van der Waals surface area contributed by atoms with Crippen LogP contribution in [0.5, 0.6) is 0 Å². The van der Waals surface area contributed by atoms with Gasteiger partial charge in [-0.2, -0.15) is 0 Å². The lowest BCUT2D eigenvalue weighted by molar-refractivity contribution is 1.33. The first-order valence-corrected chi connectivity index (χ1v) is 5.90. The highest BCUT2D eigenvalue weighted by Crippen LogP contribution is 2.23. The summed E-state index contributed by atoms with van der Waals surface area (Å²) in [7, 11) is 0. The van der Waals surface area contributed by atoms with Crippen LogP contribution in [0.3, 0.4) is 0 Å². The lowest BCUT2D eigenvalue weighted by atomic mass is 10.0.